The third-order valence-electron chi connectivity index (χ3n) is 7.17. The van der Waals surface area contributed by atoms with Crippen molar-refractivity contribution >= 4 is 12.3 Å². The third kappa shape index (κ3) is 31.1. The van der Waals surface area contributed by atoms with E-state index in [0.717, 1.165) is 19.3 Å². The molecule has 3 heteroatoms. The van der Waals surface area contributed by atoms with Gasteiger partial charge in [0.1, 0.15) is 0 Å². The molecule has 0 spiro atoms. The fourth-order valence-corrected chi connectivity index (χ4v) is 4.79. The highest BCUT2D eigenvalue weighted by molar-refractivity contribution is 5.69. The van der Waals surface area contributed by atoms with Crippen LogP contribution in [0, 0.1) is 0 Å². The highest BCUT2D eigenvalue weighted by atomic mass is 16.5. The van der Waals surface area contributed by atoms with Gasteiger partial charge in [-0.1, -0.05) is 155 Å². The van der Waals surface area contributed by atoms with Crippen molar-refractivity contribution in [1.82, 2.24) is 0 Å². The fraction of sp³-hybridized carbons (Fsp3) is 0.938. The van der Waals surface area contributed by atoms with Crippen LogP contribution >= 0.6 is 0 Å². The molecule has 207 valence electrons. The Balaban J connectivity index is 3.14. The summed E-state index contributed by atoms with van der Waals surface area (Å²) in [7, 11) is 0. The quantitative estimate of drug-likeness (QED) is 0.0738. The van der Waals surface area contributed by atoms with Crippen molar-refractivity contribution in [3.05, 3.63) is 0 Å². The summed E-state index contributed by atoms with van der Waals surface area (Å²) < 4.78 is 5.40. The zero-order chi connectivity index (χ0) is 25.5. The Labute approximate surface area is 219 Å². The average molecular weight is 494 g/mol. The van der Waals surface area contributed by atoms with Crippen molar-refractivity contribution < 1.29 is 14.3 Å². The average Bonchev–Trinajstić information content (AvgIpc) is 2.86. The van der Waals surface area contributed by atoms with E-state index in [0.29, 0.717) is 19.4 Å². The van der Waals surface area contributed by atoms with Gasteiger partial charge in [-0.2, -0.15) is 0 Å². The first-order chi connectivity index (χ1) is 17.3. The van der Waals surface area contributed by atoms with E-state index in [-0.39, 0.29) is 5.97 Å². The maximum atomic E-state index is 11.9. The minimum Gasteiger partial charge on any atom is -0.466 e. The number of carbonyl (C=O) groups excluding carboxylic acids is 2. The van der Waals surface area contributed by atoms with Crippen LogP contribution in [0.1, 0.15) is 187 Å². The molecule has 0 N–H and O–H groups in total. The van der Waals surface area contributed by atoms with Crippen molar-refractivity contribution in [3.8, 4) is 0 Å². The van der Waals surface area contributed by atoms with E-state index in [1.54, 1.807) is 0 Å². The van der Waals surface area contributed by atoms with Crippen LogP contribution in [0.15, 0.2) is 0 Å². The molecule has 0 aromatic rings. The molecule has 0 aromatic carbocycles. The second-order valence-electron chi connectivity index (χ2n) is 10.7. The topological polar surface area (TPSA) is 43.4 Å². The van der Waals surface area contributed by atoms with E-state index < -0.39 is 0 Å². The normalized spacial score (nSPS) is 11.1. The first-order valence-corrected chi connectivity index (χ1v) is 15.8. The van der Waals surface area contributed by atoms with Crippen molar-refractivity contribution in [2.75, 3.05) is 6.61 Å². The summed E-state index contributed by atoms with van der Waals surface area (Å²) >= 11 is 0. The fourth-order valence-electron chi connectivity index (χ4n) is 4.79. The summed E-state index contributed by atoms with van der Waals surface area (Å²) in [4.78, 5) is 22.0. The molecule has 0 rings (SSSR count). The van der Waals surface area contributed by atoms with Crippen molar-refractivity contribution in [2.24, 2.45) is 0 Å². The standard InChI is InChI=1S/C32H61O3/c1-2-3-4-5-6-7-8-11-14-17-20-23-26-29-32(34)35-31-28-25-22-19-16-13-10-9-12-15-18-21-24-27-30-33/h2-29,31H2,1H3. The summed E-state index contributed by atoms with van der Waals surface area (Å²) in [6.45, 7) is 2.89. The van der Waals surface area contributed by atoms with Gasteiger partial charge in [0.25, 0.3) is 0 Å². The first-order valence-electron chi connectivity index (χ1n) is 15.8. The van der Waals surface area contributed by atoms with Crippen molar-refractivity contribution in [2.45, 2.75) is 187 Å². The van der Waals surface area contributed by atoms with Gasteiger partial charge in [-0.3, -0.25) is 9.59 Å². The third-order valence-corrected chi connectivity index (χ3v) is 7.17. The van der Waals surface area contributed by atoms with E-state index >= 15 is 0 Å². The molecule has 35 heavy (non-hydrogen) atoms. The van der Waals surface area contributed by atoms with Crippen LogP contribution in [0.5, 0.6) is 0 Å². The number of rotatable bonds is 30. The summed E-state index contributed by atoms with van der Waals surface area (Å²) in [6.07, 6.45) is 36.9. The largest absolute Gasteiger partial charge is 0.466 e. The first kappa shape index (κ1) is 34.1. The molecule has 0 unspecified atom stereocenters. The minimum absolute atomic E-state index is 0.00939. The van der Waals surface area contributed by atoms with Crippen LogP contribution < -0.4 is 0 Å². The SMILES string of the molecule is CCCCCCCCCCCCCCCC(=O)OCCCCCCCCCCCCCCC[C]=O. The molecule has 0 saturated heterocycles. The predicted octanol–water partition coefficient (Wildman–Crippen LogP) is 10.6. The maximum absolute atomic E-state index is 11.9. The van der Waals surface area contributed by atoms with Crippen LogP contribution in [0.25, 0.3) is 0 Å². The van der Waals surface area contributed by atoms with Crippen LogP contribution in [0.3, 0.4) is 0 Å². The smallest absolute Gasteiger partial charge is 0.305 e. The summed E-state index contributed by atoms with van der Waals surface area (Å²) in [5, 5.41) is 0. The summed E-state index contributed by atoms with van der Waals surface area (Å²) in [6, 6.07) is 0. The lowest BCUT2D eigenvalue weighted by atomic mass is 10.0. The van der Waals surface area contributed by atoms with E-state index in [4.69, 9.17) is 4.74 Å². The highest BCUT2D eigenvalue weighted by Crippen LogP contribution is 2.14. The highest BCUT2D eigenvalue weighted by Gasteiger charge is 2.02. The van der Waals surface area contributed by atoms with Crippen LogP contribution in [-0.2, 0) is 14.3 Å². The monoisotopic (exact) mass is 493 g/mol. The van der Waals surface area contributed by atoms with E-state index in [2.05, 4.69) is 6.92 Å². The van der Waals surface area contributed by atoms with Gasteiger partial charge in [0.15, 0.2) is 6.29 Å². The number of carbonyl (C=O) groups is 1. The lowest BCUT2D eigenvalue weighted by molar-refractivity contribution is -0.143. The molecule has 0 saturated carbocycles. The molecule has 0 heterocycles. The molecule has 0 atom stereocenters. The zero-order valence-corrected chi connectivity index (χ0v) is 23.7. The molecule has 1 radical (unpaired) electrons. The molecular formula is C32H61O3. The maximum Gasteiger partial charge on any atom is 0.305 e. The Morgan fingerprint density at radius 3 is 1.23 bits per heavy atom. The van der Waals surface area contributed by atoms with E-state index in [1.807, 2.05) is 6.29 Å². The number of esters is 1. The molecule has 0 amide bonds. The Morgan fingerprint density at radius 1 is 0.486 bits per heavy atom. The van der Waals surface area contributed by atoms with Gasteiger partial charge < -0.3 is 4.74 Å². The van der Waals surface area contributed by atoms with Gasteiger partial charge in [-0.25, -0.2) is 0 Å². The molecular weight excluding hydrogens is 432 g/mol. The molecule has 0 aromatic heterocycles. The molecule has 0 fully saturated rings. The molecule has 0 aliphatic heterocycles. The van der Waals surface area contributed by atoms with Crippen molar-refractivity contribution in [3.63, 3.8) is 0 Å². The lowest BCUT2D eigenvalue weighted by Gasteiger charge is -2.06. The Bertz CT molecular complexity index is 421. The summed E-state index contributed by atoms with van der Waals surface area (Å²) in [5.74, 6) is 0.00939. The molecule has 0 bridgehead atoms. The summed E-state index contributed by atoms with van der Waals surface area (Å²) in [5.41, 5.74) is 0. The zero-order valence-electron chi connectivity index (χ0n) is 23.7. The Morgan fingerprint density at radius 2 is 0.829 bits per heavy atom. The van der Waals surface area contributed by atoms with Gasteiger partial charge in [0, 0.05) is 12.8 Å². The lowest BCUT2D eigenvalue weighted by Crippen LogP contribution is -2.05. The number of unbranched alkanes of at least 4 members (excludes halogenated alkanes) is 25. The van der Waals surface area contributed by atoms with Crippen LogP contribution in [0.2, 0.25) is 0 Å². The number of hydrogen-bond acceptors (Lipinski definition) is 3. The van der Waals surface area contributed by atoms with Gasteiger partial charge in [-0.05, 0) is 19.3 Å². The van der Waals surface area contributed by atoms with Gasteiger partial charge in [-0.15, -0.1) is 0 Å². The Hall–Kier alpha value is -0.860. The molecule has 0 aliphatic carbocycles. The Kier molecular flexibility index (Phi) is 30.4. The second kappa shape index (κ2) is 31.2. The molecule has 0 aliphatic rings. The van der Waals surface area contributed by atoms with E-state index in [9.17, 15) is 9.59 Å². The predicted molar refractivity (Wildman–Crippen MR) is 152 cm³/mol. The van der Waals surface area contributed by atoms with Crippen LogP contribution in [0.4, 0.5) is 0 Å². The molecule has 3 nitrogen and oxygen atoms in total. The van der Waals surface area contributed by atoms with Gasteiger partial charge in [0.2, 0.25) is 0 Å². The minimum atomic E-state index is 0.00939. The van der Waals surface area contributed by atoms with Crippen molar-refractivity contribution in [1.29, 1.82) is 0 Å². The number of ether oxygens (including phenoxy) is 1. The second-order valence-corrected chi connectivity index (χ2v) is 10.7. The van der Waals surface area contributed by atoms with Gasteiger partial charge in [0.05, 0.1) is 6.61 Å². The van der Waals surface area contributed by atoms with E-state index in [1.165, 1.54) is 148 Å². The van der Waals surface area contributed by atoms with Gasteiger partial charge >= 0.3 is 5.97 Å². The number of hydrogen-bond donors (Lipinski definition) is 0. The van der Waals surface area contributed by atoms with Crippen LogP contribution in [-0.4, -0.2) is 18.9 Å².